The van der Waals surface area contributed by atoms with Gasteiger partial charge in [0.15, 0.2) is 0 Å². The van der Waals surface area contributed by atoms with Crippen LogP contribution in [0.1, 0.15) is 55.8 Å². The van der Waals surface area contributed by atoms with Gasteiger partial charge in [-0.05, 0) is 32.6 Å². The van der Waals surface area contributed by atoms with E-state index in [2.05, 4.69) is 9.88 Å². The van der Waals surface area contributed by atoms with Crippen molar-refractivity contribution in [2.45, 2.75) is 51.4 Å². The summed E-state index contributed by atoms with van der Waals surface area (Å²) in [7, 11) is 0. The van der Waals surface area contributed by atoms with Gasteiger partial charge in [-0.2, -0.15) is 0 Å². The first-order chi connectivity index (χ1) is 8.75. The second-order valence-corrected chi connectivity index (χ2v) is 5.85. The molecule has 1 saturated carbocycles. The molecular weight excluding hydrogens is 246 g/mol. The van der Waals surface area contributed by atoms with Gasteiger partial charge in [0.05, 0.1) is 0 Å². The molecule has 0 amide bonds. The van der Waals surface area contributed by atoms with Crippen LogP contribution in [0.25, 0.3) is 0 Å². The maximum absolute atomic E-state index is 6.27. The molecule has 3 rings (SSSR count). The summed E-state index contributed by atoms with van der Waals surface area (Å²) in [5, 5.41) is 0.645. The molecule has 1 saturated heterocycles. The summed E-state index contributed by atoms with van der Waals surface area (Å²) < 4.78 is 0. The predicted molar refractivity (Wildman–Crippen MR) is 74.4 cm³/mol. The van der Waals surface area contributed by atoms with Crippen molar-refractivity contribution >= 4 is 17.4 Å². The van der Waals surface area contributed by atoms with E-state index >= 15 is 0 Å². The van der Waals surface area contributed by atoms with E-state index in [-0.39, 0.29) is 0 Å². The molecule has 3 nitrogen and oxygen atoms in total. The highest BCUT2D eigenvalue weighted by molar-refractivity contribution is 6.30. The van der Waals surface area contributed by atoms with E-state index < -0.39 is 0 Å². The summed E-state index contributed by atoms with van der Waals surface area (Å²) in [6.07, 6.45) is 7.64. The predicted octanol–water partition coefficient (Wildman–Crippen LogP) is 3.70. The van der Waals surface area contributed by atoms with Crippen LogP contribution < -0.4 is 4.90 Å². The molecule has 2 fully saturated rings. The molecule has 2 aliphatic rings. The third-order valence-electron chi connectivity index (χ3n) is 3.93. The van der Waals surface area contributed by atoms with E-state index in [1.807, 2.05) is 6.92 Å². The fraction of sp³-hybridized carbons (Fsp3) is 0.714. The standard InChI is InChI=1S/C14H20ClN3/c1-10-12(15)16-13(11-6-7-11)17-14(10)18-8-4-2-3-5-9-18/h11H,2-9H2,1H3. The molecule has 0 unspecified atom stereocenters. The number of rotatable bonds is 2. The number of anilines is 1. The maximum atomic E-state index is 6.27. The molecular formula is C14H20ClN3. The number of aromatic nitrogens is 2. The van der Waals surface area contributed by atoms with Gasteiger partial charge < -0.3 is 4.90 Å². The van der Waals surface area contributed by atoms with Crippen molar-refractivity contribution in [2.24, 2.45) is 0 Å². The van der Waals surface area contributed by atoms with Gasteiger partial charge in [-0.1, -0.05) is 24.4 Å². The van der Waals surface area contributed by atoms with Crippen LogP contribution in [0.2, 0.25) is 5.15 Å². The van der Waals surface area contributed by atoms with Crippen molar-refractivity contribution in [3.63, 3.8) is 0 Å². The molecule has 1 aromatic heterocycles. The Morgan fingerprint density at radius 3 is 2.33 bits per heavy atom. The van der Waals surface area contributed by atoms with E-state index in [0.29, 0.717) is 11.1 Å². The van der Waals surface area contributed by atoms with E-state index in [1.165, 1.54) is 38.5 Å². The number of hydrogen-bond donors (Lipinski definition) is 0. The van der Waals surface area contributed by atoms with Crippen LogP contribution in [0, 0.1) is 6.92 Å². The van der Waals surface area contributed by atoms with Crippen molar-refractivity contribution in [2.75, 3.05) is 18.0 Å². The van der Waals surface area contributed by atoms with Crippen molar-refractivity contribution in [3.05, 3.63) is 16.5 Å². The first-order valence-corrected chi connectivity index (χ1v) is 7.42. The minimum absolute atomic E-state index is 0.564. The highest BCUT2D eigenvalue weighted by atomic mass is 35.5. The van der Waals surface area contributed by atoms with E-state index in [4.69, 9.17) is 16.6 Å². The zero-order valence-corrected chi connectivity index (χ0v) is 11.7. The summed E-state index contributed by atoms with van der Waals surface area (Å²) in [6, 6.07) is 0. The summed E-state index contributed by atoms with van der Waals surface area (Å²) in [5.74, 6) is 2.61. The molecule has 4 heteroatoms. The largest absolute Gasteiger partial charge is 0.356 e. The summed E-state index contributed by atoms with van der Waals surface area (Å²) in [6.45, 7) is 4.26. The fourth-order valence-electron chi connectivity index (χ4n) is 2.61. The highest BCUT2D eigenvalue weighted by Crippen LogP contribution is 2.40. The summed E-state index contributed by atoms with van der Waals surface area (Å²) >= 11 is 6.27. The number of hydrogen-bond acceptors (Lipinski definition) is 3. The molecule has 1 aliphatic heterocycles. The third-order valence-corrected chi connectivity index (χ3v) is 4.29. The van der Waals surface area contributed by atoms with Crippen LogP contribution in [0.3, 0.4) is 0 Å². The Morgan fingerprint density at radius 2 is 1.72 bits per heavy atom. The smallest absolute Gasteiger partial charge is 0.137 e. The van der Waals surface area contributed by atoms with Crippen LogP contribution >= 0.6 is 11.6 Å². The average molecular weight is 266 g/mol. The van der Waals surface area contributed by atoms with E-state index in [9.17, 15) is 0 Å². The highest BCUT2D eigenvalue weighted by Gasteiger charge is 2.29. The van der Waals surface area contributed by atoms with Crippen LogP contribution in [-0.4, -0.2) is 23.1 Å². The van der Waals surface area contributed by atoms with Crippen LogP contribution in [0.5, 0.6) is 0 Å². The molecule has 0 spiro atoms. The average Bonchev–Trinajstić information content (AvgIpc) is 3.18. The lowest BCUT2D eigenvalue weighted by molar-refractivity contribution is 0.726. The van der Waals surface area contributed by atoms with Gasteiger partial charge in [0.1, 0.15) is 16.8 Å². The molecule has 1 aliphatic carbocycles. The Kier molecular flexibility index (Phi) is 3.42. The number of nitrogens with zero attached hydrogens (tertiary/aromatic N) is 3. The van der Waals surface area contributed by atoms with Crippen molar-refractivity contribution in [1.29, 1.82) is 0 Å². The Morgan fingerprint density at radius 1 is 1.06 bits per heavy atom. The van der Waals surface area contributed by atoms with E-state index in [0.717, 1.165) is 30.3 Å². The van der Waals surface area contributed by atoms with Crippen molar-refractivity contribution in [1.82, 2.24) is 9.97 Å². The van der Waals surface area contributed by atoms with Crippen LogP contribution in [-0.2, 0) is 0 Å². The second kappa shape index (κ2) is 5.04. The molecule has 18 heavy (non-hydrogen) atoms. The van der Waals surface area contributed by atoms with Gasteiger partial charge in [0.25, 0.3) is 0 Å². The fourth-order valence-corrected chi connectivity index (χ4v) is 2.78. The number of halogens is 1. The lowest BCUT2D eigenvalue weighted by atomic mass is 10.2. The minimum atomic E-state index is 0.564. The Hall–Kier alpha value is -0.830. The SMILES string of the molecule is Cc1c(Cl)nc(C2CC2)nc1N1CCCCCC1. The Balaban J connectivity index is 1.92. The molecule has 1 aromatic rings. The minimum Gasteiger partial charge on any atom is -0.356 e. The van der Waals surface area contributed by atoms with Gasteiger partial charge in [0.2, 0.25) is 0 Å². The summed E-state index contributed by atoms with van der Waals surface area (Å²) in [4.78, 5) is 11.6. The van der Waals surface area contributed by atoms with Gasteiger partial charge in [0, 0.05) is 24.6 Å². The zero-order valence-electron chi connectivity index (χ0n) is 11.0. The third kappa shape index (κ3) is 2.46. The molecule has 0 aromatic carbocycles. The molecule has 0 atom stereocenters. The van der Waals surface area contributed by atoms with Gasteiger partial charge in [-0.25, -0.2) is 9.97 Å². The monoisotopic (exact) mass is 265 g/mol. The summed E-state index contributed by atoms with van der Waals surface area (Å²) in [5.41, 5.74) is 1.04. The maximum Gasteiger partial charge on any atom is 0.137 e. The van der Waals surface area contributed by atoms with E-state index in [1.54, 1.807) is 0 Å². The van der Waals surface area contributed by atoms with Crippen LogP contribution in [0.4, 0.5) is 5.82 Å². The molecule has 2 heterocycles. The quantitative estimate of drug-likeness (QED) is 0.764. The van der Waals surface area contributed by atoms with Gasteiger partial charge in [-0.3, -0.25) is 0 Å². The van der Waals surface area contributed by atoms with Crippen molar-refractivity contribution in [3.8, 4) is 0 Å². The second-order valence-electron chi connectivity index (χ2n) is 5.50. The zero-order chi connectivity index (χ0) is 12.5. The molecule has 0 bridgehead atoms. The topological polar surface area (TPSA) is 29.0 Å². The molecule has 0 N–H and O–H groups in total. The molecule has 98 valence electrons. The van der Waals surface area contributed by atoms with Crippen molar-refractivity contribution < 1.29 is 0 Å². The normalized spacial score (nSPS) is 20.9. The van der Waals surface area contributed by atoms with Crippen LogP contribution in [0.15, 0.2) is 0 Å². The Bertz CT molecular complexity index is 435. The molecule has 0 radical (unpaired) electrons. The van der Waals surface area contributed by atoms with Gasteiger partial charge in [-0.15, -0.1) is 0 Å². The lowest BCUT2D eigenvalue weighted by Gasteiger charge is -2.24. The first-order valence-electron chi connectivity index (χ1n) is 7.04. The Labute approximate surface area is 114 Å². The first kappa shape index (κ1) is 12.2. The lowest BCUT2D eigenvalue weighted by Crippen LogP contribution is -2.26. The van der Waals surface area contributed by atoms with Gasteiger partial charge >= 0.3 is 0 Å².